The van der Waals surface area contributed by atoms with Crippen LogP contribution in [0.3, 0.4) is 0 Å². The first-order chi connectivity index (χ1) is 13.5. The van der Waals surface area contributed by atoms with E-state index in [-0.39, 0.29) is 23.2 Å². The summed E-state index contributed by atoms with van der Waals surface area (Å²) < 4.78 is 51.4. The zero-order valence-corrected chi connectivity index (χ0v) is 15.6. The second-order valence-corrected chi connectivity index (χ2v) is 7.60. The van der Waals surface area contributed by atoms with Crippen LogP contribution in [0.5, 0.6) is 5.75 Å². The van der Waals surface area contributed by atoms with E-state index in [1.807, 2.05) is 0 Å². The number of halogens is 3. The molecule has 1 saturated heterocycles. The molecule has 2 aliphatic rings. The maximum Gasteiger partial charge on any atom is 0.419 e. The molecule has 1 saturated carbocycles. The third-order valence-corrected chi connectivity index (χ3v) is 5.62. The van der Waals surface area contributed by atoms with Gasteiger partial charge in [-0.25, -0.2) is 0 Å². The Hall–Kier alpha value is -2.09. The second-order valence-electron chi connectivity index (χ2n) is 7.60. The van der Waals surface area contributed by atoms with Crippen molar-refractivity contribution in [3.8, 4) is 17.1 Å². The van der Waals surface area contributed by atoms with Gasteiger partial charge in [-0.15, -0.1) is 0 Å². The van der Waals surface area contributed by atoms with Crippen molar-refractivity contribution in [1.82, 2.24) is 15.5 Å². The molecule has 0 spiro atoms. The van der Waals surface area contributed by atoms with E-state index in [1.54, 1.807) is 6.07 Å². The molecule has 1 N–H and O–H groups in total. The van der Waals surface area contributed by atoms with Crippen LogP contribution in [-0.2, 0) is 6.18 Å². The SMILES string of the molecule is FC(F)(F)c1cc(-c2noc([C@@H]3CCN3)n2)ccc1OCCC1CCCCC1. The lowest BCUT2D eigenvalue weighted by atomic mass is 9.87. The topological polar surface area (TPSA) is 60.2 Å². The van der Waals surface area contributed by atoms with E-state index >= 15 is 0 Å². The third kappa shape index (κ3) is 4.32. The van der Waals surface area contributed by atoms with Gasteiger partial charge in [0.05, 0.1) is 18.2 Å². The van der Waals surface area contributed by atoms with Crippen molar-refractivity contribution in [2.75, 3.05) is 13.2 Å². The van der Waals surface area contributed by atoms with E-state index in [0.717, 1.165) is 38.3 Å². The van der Waals surface area contributed by atoms with E-state index in [0.29, 0.717) is 18.4 Å². The largest absolute Gasteiger partial charge is 0.493 e. The lowest BCUT2D eigenvalue weighted by molar-refractivity contribution is -0.138. The van der Waals surface area contributed by atoms with Crippen LogP contribution in [0, 0.1) is 5.92 Å². The zero-order valence-electron chi connectivity index (χ0n) is 15.6. The van der Waals surface area contributed by atoms with Gasteiger partial charge >= 0.3 is 6.18 Å². The highest BCUT2D eigenvalue weighted by Gasteiger charge is 2.35. The maximum absolute atomic E-state index is 13.6. The van der Waals surface area contributed by atoms with Gasteiger partial charge in [-0.1, -0.05) is 37.3 Å². The molecular weight excluding hydrogens is 371 g/mol. The summed E-state index contributed by atoms with van der Waals surface area (Å²) in [5.41, 5.74) is -0.539. The summed E-state index contributed by atoms with van der Waals surface area (Å²) in [6.07, 6.45) is 3.11. The minimum atomic E-state index is -4.52. The Morgan fingerprint density at radius 2 is 1.93 bits per heavy atom. The van der Waals surface area contributed by atoms with E-state index in [2.05, 4.69) is 15.5 Å². The van der Waals surface area contributed by atoms with Crippen LogP contribution in [0.2, 0.25) is 0 Å². The van der Waals surface area contributed by atoms with Crippen LogP contribution >= 0.6 is 0 Å². The summed E-state index contributed by atoms with van der Waals surface area (Å²) in [7, 11) is 0. The molecule has 2 fully saturated rings. The van der Waals surface area contributed by atoms with E-state index in [4.69, 9.17) is 9.26 Å². The predicted octanol–water partition coefficient (Wildman–Crippen LogP) is 5.14. The van der Waals surface area contributed by atoms with Gasteiger partial charge in [-0.3, -0.25) is 0 Å². The summed E-state index contributed by atoms with van der Waals surface area (Å²) in [4.78, 5) is 4.23. The fraction of sp³-hybridized carbons (Fsp3) is 0.600. The van der Waals surface area contributed by atoms with Crippen LogP contribution in [0.15, 0.2) is 22.7 Å². The van der Waals surface area contributed by atoms with Crippen molar-refractivity contribution in [3.05, 3.63) is 29.7 Å². The minimum Gasteiger partial charge on any atom is -0.493 e. The Bertz CT molecular complexity index is 796. The van der Waals surface area contributed by atoms with Crippen LogP contribution in [0.1, 0.15) is 62.4 Å². The van der Waals surface area contributed by atoms with Gasteiger partial charge in [-0.05, 0) is 43.5 Å². The van der Waals surface area contributed by atoms with Gasteiger partial charge in [0.2, 0.25) is 11.7 Å². The van der Waals surface area contributed by atoms with Crippen molar-refractivity contribution in [1.29, 1.82) is 0 Å². The lowest BCUT2D eigenvalue weighted by Crippen LogP contribution is -2.35. The first-order valence-electron chi connectivity index (χ1n) is 9.92. The minimum absolute atomic E-state index is 0.00858. The van der Waals surface area contributed by atoms with Gasteiger partial charge < -0.3 is 14.6 Å². The van der Waals surface area contributed by atoms with Gasteiger partial charge in [0.15, 0.2) is 0 Å². The number of ether oxygens (including phenoxy) is 1. The molecule has 1 atom stereocenters. The van der Waals surface area contributed by atoms with Crippen LogP contribution in [-0.4, -0.2) is 23.3 Å². The molecule has 5 nitrogen and oxygen atoms in total. The summed E-state index contributed by atoms with van der Waals surface area (Å²) >= 11 is 0. The standard InChI is InChI=1S/C20H24F3N3O2/c21-20(22,23)15-12-14(18-25-19(28-26-18)16-8-10-24-16)6-7-17(15)27-11-9-13-4-2-1-3-5-13/h6-7,12-13,16,24H,1-5,8-11H2/t16-/m0/s1. The van der Waals surface area contributed by atoms with Gasteiger partial charge in [0, 0.05) is 5.56 Å². The fourth-order valence-electron chi connectivity index (χ4n) is 3.82. The van der Waals surface area contributed by atoms with Crippen molar-refractivity contribution >= 4 is 0 Å². The third-order valence-electron chi connectivity index (χ3n) is 5.62. The molecule has 152 valence electrons. The average molecular weight is 395 g/mol. The number of nitrogens with zero attached hydrogens (tertiary/aromatic N) is 2. The zero-order chi connectivity index (χ0) is 19.6. The Labute approximate surface area is 161 Å². The molecule has 0 bridgehead atoms. The normalized spacial score (nSPS) is 20.8. The monoisotopic (exact) mass is 395 g/mol. The maximum atomic E-state index is 13.6. The number of hydrogen-bond acceptors (Lipinski definition) is 5. The average Bonchev–Trinajstić information content (AvgIpc) is 3.10. The van der Waals surface area contributed by atoms with E-state index in [1.165, 1.54) is 25.3 Å². The van der Waals surface area contributed by atoms with Crippen molar-refractivity contribution < 1.29 is 22.4 Å². The molecule has 1 aliphatic carbocycles. The molecule has 0 unspecified atom stereocenters. The Kier molecular flexibility index (Phi) is 5.57. The van der Waals surface area contributed by atoms with Gasteiger partial charge in [-0.2, -0.15) is 18.2 Å². The van der Waals surface area contributed by atoms with E-state index < -0.39 is 11.7 Å². The highest BCUT2D eigenvalue weighted by atomic mass is 19.4. The fourth-order valence-corrected chi connectivity index (χ4v) is 3.82. The molecule has 1 aromatic carbocycles. The number of hydrogen-bond donors (Lipinski definition) is 1. The number of benzene rings is 1. The lowest BCUT2D eigenvalue weighted by Gasteiger charge is -2.23. The summed E-state index contributed by atoms with van der Waals surface area (Å²) in [6.45, 7) is 1.17. The van der Waals surface area contributed by atoms with Crippen molar-refractivity contribution in [3.63, 3.8) is 0 Å². The Balaban J connectivity index is 1.48. The molecule has 28 heavy (non-hydrogen) atoms. The first kappa shape index (κ1) is 19.2. The van der Waals surface area contributed by atoms with Crippen molar-refractivity contribution in [2.24, 2.45) is 5.92 Å². The first-order valence-corrected chi connectivity index (χ1v) is 9.92. The smallest absolute Gasteiger partial charge is 0.419 e. The Morgan fingerprint density at radius 1 is 1.14 bits per heavy atom. The summed E-state index contributed by atoms with van der Waals surface area (Å²) in [6, 6.07) is 3.94. The number of aromatic nitrogens is 2. The van der Waals surface area contributed by atoms with Gasteiger partial charge in [0.1, 0.15) is 5.75 Å². The van der Waals surface area contributed by atoms with E-state index in [9.17, 15) is 13.2 Å². The second kappa shape index (κ2) is 8.11. The summed E-state index contributed by atoms with van der Waals surface area (Å²) in [5.74, 6) is 0.974. The molecule has 0 amide bonds. The number of rotatable bonds is 6. The number of nitrogens with one attached hydrogen (secondary N) is 1. The highest BCUT2D eigenvalue weighted by Crippen LogP contribution is 2.39. The van der Waals surface area contributed by atoms with Crippen LogP contribution < -0.4 is 10.1 Å². The molecule has 8 heteroatoms. The van der Waals surface area contributed by atoms with Crippen LogP contribution in [0.4, 0.5) is 13.2 Å². The Morgan fingerprint density at radius 3 is 2.61 bits per heavy atom. The predicted molar refractivity (Wildman–Crippen MR) is 96.8 cm³/mol. The molecular formula is C20H24F3N3O2. The number of alkyl halides is 3. The summed E-state index contributed by atoms with van der Waals surface area (Å²) in [5, 5.41) is 6.96. The van der Waals surface area contributed by atoms with Crippen LogP contribution in [0.25, 0.3) is 11.4 Å². The molecule has 2 heterocycles. The molecule has 0 radical (unpaired) electrons. The van der Waals surface area contributed by atoms with Crippen molar-refractivity contribution in [2.45, 2.75) is 57.2 Å². The molecule has 1 aliphatic heterocycles. The molecule has 2 aromatic rings. The highest BCUT2D eigenvalue weighted by molar-refractivity contribution is 5.59. The quantitative estimate of drug-likeness (QED) is 0.734. The van der Waals surface area contributed by atoms with Gasteiger partial charge in [0.25, 0.3) is 0 Å². The molecule has 4 rings (SSSR count). The molecule has 1 aromatic heterocycles.